The Labute approximate surface area is 134 Å². The van der Waals surface area contributed by atoms with E-state index in [9.17, 15) is 5.11 Å². The van der Waals surface area contributed by atoms with Crippen LogP contribution in [0.1, 0.15) is 52.9 Å². The highest BCUT2D eigenvalue weighted by molar-refractivity contribution is 5.28. The van der Waals surface area contributed by atoms with Crippen molar-refractivity contribution in [1.82, 2.24) is 0 Å². The predicted molar refractivity (Wildman–Crippen MR) is 85.5 cm³/mol. The fourth-order valence-corrected chi connectivity index (χ4v) is 6.47. The van der Waals surface area contributed by atoms with Crippen molar-refractivity contribution in [3.63, 3.8) is 0 Å². The van der Waals surface area contributed by atoms with Crippen LogP contribution in [0.5, 0.6) is 0 Å². The molecule has 22 heavy (non-hydrogen) atoms. The van der Waals surface area contributed by atoms with Gasteiger partial charge in [0.25, 0.3) is 0 Å². The highest BCUT2D eigenvalue weighted by atomic mass is 16.6. The highest BCUT2D eigenvalue weighted by Crippen LogP contribution is 2.66. The van der Waals surface area contributed by atoms with Crippen LogP contribution in [0.25, 0.3) is 0 Å². The molecule has 2 saturated heterocycles. The fourth-order valence-electron chi connectivity index (χ4n) is 6.47. The van der Waals surface area contributed by atoms with Gasteiger partial charge in [-0.3, -0.25) is 0 Å². The molecule has 124 valence electrons. The van der Waals surface area contributed by atoms with Crippen LogP contribution < -0.4 is 0 Å². The standard InChI is InChI=1S/C19H30O3/c1-4-8-18(12(2)7-9-20)17-13(3)15-6-5-14-11-21-19(14,15)10-16(17)22-18/h7,13-17,20H,4-6,8-11H2,1-3H3/b12-7-. The van der Waals surface area contributed by atoms with Crippen LogP contribution in [0.15, 0.2) is 11.6 Å². The first kappa shape index (κ1) is 15.2. The van der Waals surface area contributed by atoms with Crippen LogP contribution in [0.2, 0.25) is 0 Å². The minimum Gasteiger partial charge on any atom is -0.392 e. The van der Waals surface area contributed by atoms with E-state index in [2.05, 4.69) is 20.8 Å². The summed E-state index contributed by atoms with van der Waals surface area (Å²) in [6.07, 6.45) is 8.31. The van der Waals surface area contributed by atoms with Gasteiger partial charge in [-0.15, -0.1) is 0 Å². The van der Waals surface area contributed by atoms with Crippen molar-refractivity contribution in [3.05, 3.63) is 11.6 Å². The molecule has 4 aliphatic rings. The van der Waals surface area contributed by atoms with Crippen LogP contribution in [-0.2, 0) is 9.47 Å². The van der Waals surface area contributed by atoms with E-state index in [1.807, 2.05) is 6.08 Å². The van der Waals surface area contributed by atoms with Crippen molar-refractivity contribution in [2.45, 2.75) is 70.2 Å². The third kappa shape index (κ3) is 1.68. The Morgan fingerprint density at radius 2 is 2.18 bits per heavy atom. The van der Waals surface area contributed by atoms with Crippen LogP contribution >= 0.6 is 0 Å². The van der Waals surface area contributed by atoms with Crippen LogP contribution in [-0.4, -0.2) is 35.6 Å². The number of fused-ring (bicyclic) bond motifs is 1. The summed E-state index contributed by atoms with van der Waals surface area (Å²) in [7, 11) is 0. The number of hydrogen-bond acceptors (Lipinski definition) is 3. The number of ether oxygens (including phenoxy) is 2. The molecule has 0 radical (unpaired) electrons. The monoisotopic (exact) mass is 306 g/mol. The lowest BCUT2D eigenvalue weighted by molar-refractivity contribution is -0.339. The number of rotatable bonds is 4. The van der Waals surface area contributed by atoms with Gasteiger partial charge >= 0.3 is 0 Å². The first-order chi connectivity index (χ1) is 10.6. The summed E-state index contributed by atoms with van der Waals surface area (Å²) in [6.45, 7) is 7.92. The van der Waals surface area contributed by atoms with Gasteiger partial charge in [0.05, 0.1) is 30.5 Å². The molecule has 3 nitrogen and oxygen atoms in total. The van der Waals surface area contributed by atoms with Crippen molar-refractivity contribution in [1.29, 1.82) is 0 Å². The maximum absolute atomic E-state index is 9.33. The molecule has 2 aliphatic carbocycles. The van der Waals surface area contributed by atoms with Crippen molar-refractivity contribution < 1.29 is 14.6 Å². The highest BCUT2D eigenvalue weighted by Gasteiger charge is 2.70. The summed E-state index contributed by atoms with van der Waals surface area (Å²) < 4.78 is 12.7. The summed E-state index contributed by atoms with van der Waals surface area (Å²) >= 11 is 0. The van der Waals surface area contributed by atoms with Gasteiger partial charge in [-0.25, -0.2) is 0 Å². The molecule has 1 N–H and O–H groups in total. The first-order valence-corrected chi connectivity index (χ1v) is 9.19. The average Bonchev–Trinajstić information content (AvgIpc) is 2.69. The lowest BCUT2D eigenvalue weighted by Crippen LogP contribution is -2.72. The zero-order valence-corrected chi connectivity index (χ0v) is 14.2. The molecular weight excluding hydrogens is 276 g/mol. The van der Waals surface area contributed by atoms with E-state index in [4.69, 9.17) is 9.47 Å². The lowest BCUT2D eigenvalue weighted by Gasteiger charge is -2.67. The minimum absolute atomic E-state index is 0.116. The predicted octanol–water partition coefficient (Wildman–Crippen LogP) is 3.31. The molecule has 2 heterocycles. The molecule has 0 amide bonds. The average molecular weight is 306 g/mol. The largest absolute Gasteiger partial charge is 0.392 e. The second kappa shape index (κ2) is 5.06. The summed E-state index contributed by atoms with van der Waals surface area (Å²) in [5.41, 5.74) is 1.28. The van der Waals surface area contributed by atoms with E-state index in [1.165, 1.54) is 18.4 Å². The molecule has 0 aromatic heterocycles. The number of aliphatic hydroxyl groups is 1. The van der Waals surface area contributed by atoms with E-state index in [-0.39, 0.29) is 17.8 Å². The normalized spacial score (nSPS) is 53.1. The molecule has 1 spiro atoms. The third-order valence-corrected chi connectivity index (χ3v) is 7.41. The number of hydrogen-bond donors (Lipinski definition) is 1. The fraction of sp³-hybridized carbons (Fsp3) is 0.895. The molecule has 7 unspecified atom stereocenters. The van der Waals surface area contributed by atoms with Gasteiger partial charge in [0.1, 0.15) is 0 Å². The molecule has 3 heteroatoms. The van der Waals surface area contributed by atoms with Gasteiger partial charge < -0.3 is 14.6 Å². The molecule has 0 aromatic rings. The lowest BCUT2D eigenvalue weighted by atomic mass is 9.52. The van der Waals surface area contributed by atoms with Gasteiger partial charge in [-0.1, -0.05) is 26.3 Å². The van der Waals surface area contributed by atoms with Gasteiger partial charge in [0.2, 0.25) is 0 Å². The topological polar surface area (TPSA) is 38.7 Å². The zero-order valence-electron chi connectivity index (χ0n) is 14.2. The Morgan fingerprint density at radius 1 is 1.36 bits per heavy atom. The Balaban J connectivity index is 1.64. The van der Waals surface area contributed by atoms with Crippen molar-refractivity contribution in [3.8, 4) is 0 Å². The summed E-state index contributed by atoms with van der Waals surface area (Å²) in [6, 6.07) is 0. The van der Waals surface area contributed by atoms with Gasteiger partial charge in [0.15, 0.2) is 0 Å². The van der Waals surface area contributed by atoms with Crippen molar-refractivity contribution >= 4 is 0 Å². The third-order valence-electron chi connectivity index (χ3n) is 7.41. The molecule has 4 rings (SSSR count). The van der Waals surface area contributed by atoms with Gasteiger partial charge in [0, 0.05) is 18.3 Å². The van der Waals surface area contributed by atoms with Gasteiger partial charge in [-0.05, 0) is 43.6 Å². The minimum atomic E-state index is -0.120. The van der Waals surface area contributed by atoms with E-state index >= 15 is 0 Å². The maximum Gasteiger partial charge on any atom is 0.0948 e. The Hall–Kier alpha value is -0.380. The Kier molecular flexibility index (Phi) is 3.49. The van der Waals surface area contributed by atoms with E-state index in [0.29, 0.717) is 17.9 Å². The Morgan fingerprint density at radius 3 is 2.82 bits per heavy atom. The van der Waals surface area contributed by atoms with Crippen LogP contribution in [0.4, 0.5) is 0 Å². The molecule has 7 atom stereocenters. The summed E-state index contributed by atoms with van der Waals surface area (Å²) in [5.74, 6) is 2.77. The first-order valence-electron chi connectivity index (χ1n) is 9.19. The number of aliphatic hydroxyl groups excluding tert-OH is 1. The second-order valence-corrected chi connectivity index (χ2v) is 8.10. The van der Waals surface area contributed by atoms with Crippen molar-refractivity contribution in [2.75, 3.05) is 13.2 Å². The molecule has 0 bridgehead atoms. The molecule has 4 fully saturated rings. The second-order valence-electron chi connectivity index (χ2n) is 8.10. The smallest absolute Gasteiger partial charge is 0.0948 e. The SMILES string of the molecule is CCCC1(/C(C)=C\CO)OC2CC34OCC3CCC4C(C)C21. The molecule has 2 saturated carbocycles. The summed E-state index contributed by atoms with van der Waals surface area (Å²) in [4.78, 5) is 0. The quantitative estimate of drug-likeness (QED) is 0.810. The summed E-state index contributed by atoms with van der Waals surface area (Å²) in [5, 5.41) is 9.33. The van der Waals surface area contributed by atoms with E-state index < -0.39 is 0 Å². The van der Waals surface area contributed by atoms with Crippen LogP contribution in [0, 0.1) is 23.7 Å². The van der Waals surface area contributed by atoms with E-state index in [0.717, 1.165) is 37.7 Å². The molecular formula is C19H30O3. The molecule has 2 aliphatic heterocycles. The van der Waals surface area contributed by atoms with Crippen molar-refractivity contribution in [2.24, 2.45) is 23.7 Å². The van der Waals surface area contributed by atoms with Crippen LogP contribution in [0.3, 0.4) is 0 Å². The van der Waals surface area contributed by atoms with E-state index in [1.54, 1.807) is 0 Å². The zero-order chi connectivity index (χ0) is 15.5. The Bertz CT molecular complexity index is 487. The maximum atomic E-state index is 9.33. The van der Waals surface area contributed by atoms with Gasteiger partial charge in [-0.2, -0.15) is 0 Å². The molecule has 0 aromatic carbocycles.